The summed E-state index contributed by atoms with van der Waals surface area (Å²) in [6.07, 6.45) is 3.90. The Morgan fingerprint density at radius 1 is 1.00 bits per heavy atom. The minimum absolute atomic E-state index is 0.708. The van der Waals surface area contributed by atoms with Crippen molar-refractivity contribution in [2.45, 2.75) is 24.4 Å². The van der Waals surface area contributed by atoms with E-state index in [9.17, 15) is 0 Å². The van der Waals surface area contributed by atoms with Crippen LogP contribution in [0.3, 0.4) is 0 Å². The quantitative estimate of drug-likeness (QED) is 0.401. The highest BCUT2D eigenvalue weighted by molar-refractivity contribution is 7.98. The Bertz CT molecular complexity index is 1170. The zero-order valence-corrected chi connectivity index (χ0v) is 18.9. The fourth-order valence-corrected chi connectivity index (χ4v) is 4.76. The van der Waals surface area contributed by atoms with Gasteiger partial charge in [0.15, 0.2) is 5.16 Å². The van der Waals surface area contributed by atoms with Gasteiger partial charge in [0, 0.05) is 32.0 Å². The van der Waals surface area contributed by atoms with Gasteiger partial charge in [0.05, 0.1) is 24.7 Å². The summed E-state index contributed by atoms with van der Waals surface area (Å²) < 4.78 is 9.89. The Morgan fingerprint density at radius 3 is 2.66 bits per heavy atom. The van der Waals surface area contributed by atoms with Gasteiger partial charge in [-0.15, -0.1) is 10.2 Å². The van der Waals surface area contributed by atoms with Gasteiger partial charge in [0.25, 0.3) is 0 Å². The summed E-state index contributed by atoms with van der Waals surface area (Å²) >= 11 is 1.66. The van der Waals surface area contributed by atoms with E-state index in [2.05, 4.69) is 84.7 Å². The number of imidazole rings is 1. The molecular weight excluding hydrogens is 420 g/mol. The number of thioether (sulfide) groups is 1. The van der Waals surface area contributed by atoms with Crippen molar-refractivity contribution >= 4 is 17.7 Å². The molecule has 0 spiro atoms. The van der Waals surface area contributed by atoms with Gasteiger partial charge in [-0.25, -0.2) is 4.98 Å². The second-order valence-electron chi connectivity index (χ2n) is 7.80. The van der Waals surface area contributed by atoms with Crippen molar-refractivity contribution in [1.82, 2.24) is 24.3 Å². The Labute approximate surface area is 192 Å². The maximum atomic E-state index is 5.54. The molecule has 5 rings (SSSR count). The molecule has 1 saturated heterocycles. The lowest BCUT2D eigenvalue weighted by Gasteiger charge is -2.28. The van der Waals surface area contributed by atoms with E-state index in [1.807, 2.05) is 18.5 Å². The molecule has 8 heteroatoms. The maximum Gasteiger partial charge on any atom is 0.232 e. The highest BCUT2D eigenvalue weighted by Crippen LogP contribution is 2.29. The highest BCUT2D eigenvalue weighted by atomic mass is 32.2. The van der Waals surface area contributed by atoms with Gasteiger partial charge in [-0.3, -0.25) is 4.57 Å². The molecule has 0 unspecified atom stereocenters. The number of benzene rings is 2. The molecule has 164 valence electrons. The van der Waals surface area contributed by atoms with Gasteiger partial charge in [0.1, 0.15) is 5.82 Å². The standard InChI is InChI=1S/C24H26N6OS/c1-19-6-5-9-21(16-19)30-23(28-12-14-31-15-13-28)26-27-24(30)32-18-22-25-10-11-29(22)17-20-7-3-2-4-8-20/h2-11,16H,12-15,17-18H2,1H3. The number of morpholine rings is 1. The lowest BCUT2D eigenvalue weighted by Crippen LogP contribution is -2.37. The van der Waals surface area contributed by atoms with Crippen molar-refractivity contribution in [3.05, 3.63) is 83.9 Å². The number of anilines is 1. The molecule has 0 amide bonds. The van der Waals surface area contributed by atoms with E-state index in [1.165, 1.54) is 11.1 Å². The van der Waals surface area contributed by atoms with Crippen molar-refractivity contribution in [2.24, 2.45) is 0 Å². The highest BCUT2D eigenvalue weighted by Gasteiger charge is 2.22. The van der Waals surface area contributed by atoms with Gasteiger partial charge in [-0.2, -0.15) is 0 Å². The van der Waals surface area contributed by atoms with Crippen LogP contribution in [0, 0.1) is 6.92 Å². The van der Waals surface area contributed by atoms with Crippen LogP contribution in [0.2, 0.25) is 0 Å². The Hall–Kier alpha value is -3.10. The minimum atomic E-state index is 0.708. The third-order valence-corrected chi connectivity index (χ3v) is 6.42. The fraction of sp³-hybridized carbons (Fsp3) is 0.292. The van der Waals surface area contributed by atoms with E-state index in [1.54, 1.807) is 11.8 Å². The molecule has 0 radical (unpaired) electrons. The molecular formula is C24H26N6OS. The Kier molecular flexibility index (Phi) is 6.22. The molecule has 3 heterocycles. The van der Waals surface area contributed by atoms with Crippen LogP contribution in [0.25, 0.3) is 5.69 Å². The fourth-order valence-electron chi connectivity index (χ4n) is 3.85. The SMILES string of the molecule is Cc1cccc(-n2c(SCc3nccn3Cc3ccccc3)nnc2N2CCOCC2)c1. The van der Waals surface area contributed by atoms with Crippen LogP contribution < -0.4 is 4.90 Å². The summed E-state index contributed by atoms with van der Waals surface area (Å²) in [5.74, 6) is 2.60. The molecule has 0 atom stereocenters. The van der Waals surface area contributed by atoms with Crippen molar-refractivity contribution < 1.29 is 4.74 Å². The summed E-state index contributed by atoms with van der Waals surface area (Å²) in [5.41, 5.74) is 3.54. The van der Waals surface area contributed by atoms with Gasteiger partial charge < -0.3 is 14.2 Å². The summed E-state index contributed by atoms with van der Waals surface area (Å²) in [6, 6.07) is 18.9. The number of aryl methyl sites for hydroxylation is 1. The second kappa shape index (κ2) is 9.58. The molecule has 0 aliphatic carbocycles. The molecule has 0 saturated carbocycles. The summed E-state index contributed by atoms with van der Waals surface area (Å²) in [6.45, 7) is 5.96. The molecule has 0 bridgehead atoms. The number of hydrogen-bond donors (Lipinski definition) is 0. The number of ether oxygens (including phenoxy) is 1. The van der Waals surface area contributed by atoms with E-state index in [0.29, 0.717) is 19.0 Å². The molecule has 2 aromatic heterocycles. The minimum Gasteiger partial charge on any atom is -0.378 e. The van der Waals surface area contributed by atoms with Gasteiger partial charge >= 0.3 is 0 Å². The predicted octanol–water partition coefficient (Wildman–Crippen LogP) is 3.95. The molecule has 4 aromatic rings. The van der Waals surface area contributed by atoms with E-state index < -0.39 is 0 Å². The first kappa shape index (κ1) is 20.8. The monoisotopic (exact) mass is 446 g/mol. The van der Waals surface area contributed by atoms with Crippen LogP contribution in [0.1, 0.15) is 17.0 Å². The molecule has 1 aliphatic heterocycles. The number of nitrogens with zero attached hydrogens (tertiary/aromatic N) is 6. The number of aromatic nitrogens is 5. The Balaban J connectivity index is 1.41. The summed E-state index contributed by atoms with van der Waals surface area (Å²) in [7, 11) is 0. The zero-order valence-electron chi connectivity index (χ0n) is 18.1. The van der Waals surface area contributed by atoms with Crippen molar-refractivity contribution in [1.29, 1.82) is 0 Å². The van der Waals surface area contributed by atoms with Crippen molar-refractivity contribution in [3.8, 4) is 5.69 Å². The molecule has 1 fully saturated rings. The first-order valence-corrected chi connectivity index (χ1v) is 11.8. The first-order chi connectivity index (χ1) is 15.8. The van der Waals surface area contributed by atoms with Crippen molar-refractivity contribution in [2.75, 3.05) is 31.2 Å². The van der Waals surface area contributed by atoms with Gasteiger partial charge in [-0.1, -0.05) is 54.2 Å². The van der Waals surface area contributed by atoms with Crippen LogP contribution in [0.15, 0.2) is 72.1 Å². The molecule has 7 nitrogen and oxygen atoms in total. The van der Waals surface area contributed by atoms with E-state index in [-0.39, 0.29) is 0 Å². The predicted molar refractivity (Wildman–Crippen MR) is 126 cm³/mol. The molecule has 0 N–H and O–H groups in total. The van der Waals surface area contributed by atoms with Crippen molar-refractivity contribution in [3.63, 3.8) is 0 Å². The molecule has 1 aliphatic rings. The smallest absolute Gasteiger partial charge is 0.232 e. The van der Waals surface area contributed by atoms with Gasteiger partial charge in [-0.05, 0) is 30.2 Å². The van der Waals surface area contributed by atoms with Crippen LogP contribution >= 0.6 is 11.8 Å². The third kappa shape index (κ3) is 4.56. The average Bonchev–Trinajstić information content (AvgIpc) is 3.45. The van der Waals surface area contributed by atoms with Crippen LogP contribution in [0.5, 0.6) is 0 Å². The summed E-state index contributed by atoms with van der Waals surface area (Å²) in [5, 5.41) is 10.0. The lowest BCUT2D eigenvalue weighted by atomic mass is 10.2. The normalized spacial score (nSPS) is 14.1. The average molecular weight is 447 g/mol. The molecule has 32 heavy (non-hydrogen) atoms. The van der Waals surface area contributed by atoms with E-state index in [4.69, 9.17) is 4.74 Å². The maximum absolute atomic E-state index is 5.54. The Morgan fingerprint density at radius 2 is 1.84 bits per heavy atom. The first-order valence-electron chi connectivity index (χ1n) is 10.8. The number of hydrogen-bond acceptors (Lipinski definition) is 6. The van der Waals surface area contributed by atoms with Crippen LogP contribution in [-0.2, 0) is 17.0 Å². The molecule has 2 aromatic carbocycles. The largest absolute Gasteiger partial charge is 0.378 e. The van der Waals surface area contributed by atoms with E-state index >= 15 is 0 Å². The lowest BCUT2D eigenvalue weighted by molar-refractivity contribution is 0.122. The van der Waals surface area contributed by atoms with Crippen LogP contribution in [-0.4, -0.2) is 50.6 Å². The second-order valence-corrected chi connectivity index (χ2v) is 8.74. The zero-order chi connectivity index (χ0) is 21.8. The topological polar surface area (TPSA) is 61.0 Å². The third-order valence-electron chi connectivity index (χ3n) is 5.50. The number of rotatable bonds is 7. The van der Waals surface area contributed by atoms with Crippen LogP contribution in [0.4, 0.5) is 5.95 Å². The van der Waals surface area contributed by atoms with Gasteiger partial charge in [0.2, 0.25) is 5.95 Å². The summed E-state index contributed by atoms with van der Waals surface area (Å²) in [4.78, 5) is 6.85. The van der Waals surface area contributed by atoms with E-state index in [0.717, 1.165) is 42.3 Å².